The standard InChI is InChI=1S/C19H26N4O2S/c1-4-23(16-10-11-26(24,25)13-16)19-21-17(15-8-6-5-7-9-15)12-18(22-19)20-14(2)3/h5-9,12,14,16H,4,10-11,13H2,1-3H3,(H,20,21,22). The Hall–Kier alpha value is -2.15. The van der Waals surface area contributed by atoms with Crippen LogP contribution in [0.1, 0.15) is 27.2 Å². The molecule has 1 aliphatic heterocycles. The van der Waals surface area contributed by atoms with Gasteiger partial charge < -0.3 is 10.2 Å². The lowest BCUT2D eigenvalue weighted by molar-refractivity contribution is 0.599. The van der Waals surface area contributed by atoms with Crippen LogP contribution < -0.4 is 10.2 Å². The molecule has 0 saturated carbocycles. The van der Waals surface area contributed by atoms with Crippen LogP contribution in [0.2, 0.25) is 0 Å². The molecule has 1 N–H and O–H groups in total. The molecular weight excluding hydrogens is 348 g/mol. The first-order chi connectivity index (χ1) is 12.4. The van der Waals surface area contributed by atoms with Gasteiger partial charge in [0.25, 0.3) is 0 Å². The average Bonchev–Trinajstić information content (AvgIpc) is 2.95. The van der Waals surface area contributed by atoms with Gasteiger partial charge in [-0.1, -0.05) is 30.3 Å². The molecule has 0 bridgehead atoms. The van der Waals surface area contributed by atoms with Gasteiger partial charge in [0.2, 0.25) is 5.95 Å². The lowest BCUT2D eigenvalue weighted by Crippen LogP contribution is -2.37. The zero-order valence-electron chi connectivity index (χ0n) is 15.5. The van der Waals surface area contributed by atoms with Gasteiger partial charge in [-0.15, -0.1) is 0 Å². The number of nitrogens with zero attached hydrogens (tertiary/aromatic N) is 3. The maximum absolute atomic E-state index is 11.9. The van der Waals surface area contributed by atoms with Crippen molar-refractivity contribution in [3.8, 4) is 11.3 Å². The van der Waals surface area contributed by atoms with Gasteiger partial charge in [-0.3, -0.25) is 0 Å². The fourth-order valence-corrected chi connectivity index (χ4v) is 5.00. The van der Waals surface area contributed by atoms with Crippen molar-refractivity contribution >= 4 is 21.6 Å². The van der Waals surface area contributed by atoms with Gasteiger partial charge in [-0.05, 0) is 27.2 Å². The molecule has 2 aromatic rings. The van der Waals surface area contributed by atoms with Crippen molar-refractivity contribution in [3.63, 3.8) is 0 Å². The van der Waals surface area contributed by atoms with Crippen molar-refractivity contribution < 1.29 is 8.42 Å². The highest BCUT2D eigenvalue weighted by Crippen LogP contribution is 2.27. The van der Waals surface area contributed by atoms with Gasteiger partial charge >= 0.3 is 0 Å². The van der Waals surface area contributed by atoms with E-state index in [1.54, 1.807) is 0 Å². The molecule has 1 aromatic heterocycles. The first-order valence-corrected chi connectivity index (χ1v) is 10.9. The summed E-state index contributed by atoms with van der Waals surface area (Å²) in [5, 5.41) is 3.35. The second-order valence-corrected chi connectivity index (χ2v) is 9.18. The average molecular weight is 375 g/mol. The molecular formula is C19H26N4O2S. The lowest BCUT2D eigenvalue weighted by Gasteiger charge is -2.27. The molecule has 26 heavy (non-hydrogen) atoms. The normalized spacial score (nSPS) is 18.8. The van der Waals surface area contributed by atoms with Crippen LogP contribution in [-0.2, 0) is 9.84 Å². The molecule has 140 valence electrons. The Morgan fingerprint density at radius 3 is 2.54 bits per heavy atom. The third-order valence-corrected chi connectivity index (χ3v) is 6.22. The number of nitrogens with one attached hydrogen (secondary N) is 1. The molecule has 1 saturated heterocycles. The van der Waals surface area contributed by atoms with E-state index in [4.69, 9.17) is 4.98 Å². The van der Waals surface area contributed by atoms with Crippen LogP contribution in [0.3, 0.4) is 0 Å². The highest BCUT2D eigenvalue weighted by Gasteiger charge is 2.33. The molecule has 1 aromatic carbocycles. The second kappa shape index (κ2) is 7.61. The summed E-state index contributed by atoms with van der Waals surface area (Å²) in [4.78, 5) is 11.4. The second-order valence-electron chi connectivity index (χ2n) is 6.95. The van der Waals surface area contributed by atoms with E-state index in [9.17, 15) is 8.42 Å². The van der Waals surface area contributed by atoms with Gasteiger partial charge in [0.1, 0.15) is 5.82 Å². The van der Waals surface area contributed by atoms with Crippen molar-refractivity contribution in [3.05, 3.63) is 36.4 Å². The first kappa shape index (κ1) is 18.6. The molecule has 0 aliphatic carbocycles. The van der Waals surface area contributed by atoms with Crippen molar-refractivity contribution in [2.45, 2.75) is 39.3 Å². The molecule has 3 rings (SSSR count). The molecule has 1 unspecified atom stereocenters. The summed E-state index contributed by atoms with van der Waals surface area (Å²) in [5.41, 5.74) is 1.84. The van der Waals surface area contributed by atoms with E-state index < -0.39 is 9.84 Å². The third kappa shape index (κ3) is 4.33. The van der Waals surface area contributed by atoms with Crippen molar-refractivity contribution in [1.29, 1.82) is 0 Å². The quantitative estimate of drug-likeness (QED) is 0.838. The first-order valence-electron chi connectivity index (χ1n) is 9.06. The zero-order valence-corrected chi connectivity index (χ0v) is 16.3. The molecule has 1 aliphatic rings. The number of sulfone groups is 1. The fraction of sp³-hybridized carbons (Fsp3) is 0.474. The van der Waals surface area contributed by atoms with E-state index in [-0.39, 0.29) is 23.6 Å². The van der Waals surface area contributed by atoms with E-state index in [1.165, 1.54) is 0 Å². The Labute approximate surface area is 155 Å². The predicted octanol–water partition coefficient (Wildman–Crippen LogP) is 2.98. The Kier molecular flexibility index (Phi) is 5.46. The number of hydrogen-bond acceptors (Lipinski definition) is 6. The number of aromatic nitrogens is 2. The summed E-state index contributed by atoms with van der Waals surface area (Å²) in [7, 11) is -2.96. The summed E-state index contributed by atoms with van der Waals surface area (Å²) < 4.78 is 23.8. The van der Waals surface area contributed by atoms with Gasteiger partial charge in [0.15, 0.2) is 9.84 Å². The van der Waals surface area contributed by atoms with Crippen molar-refractivity contribution in [2.24, 2.45) is 0 Å². The highest BCUT2D eigenvalue weighted by molar-refractivity contribution is 7.91. The molecule has 0 spiro atoms. The molecule has 0 radical (unpaired) electrons. The van der Waals surface area contributed by atoms with E-state index in [0.29, 0.717) is 18.9 Å². The van der Waals surface area contributed by atoms with E-state index >= 15 is 0 Å². The summed E-state index contributed by atoms with van der Waals surface area (Å²) >= 11 is 0. The minimum absolute atomic E-state index is 0.0667. The summed E-state index contributed by atoms with van der Waals surface area (Å²) in [6.07, 6.45) is 0.627. The fourth-order valence-electron chi connectivity index (χ4n) is 3.27. The van der Waals surface area contributed by atoms with Crippen molar-refractivity contribution in [1.82, 2.24) is 9.97 Å². The largest absolute Gasteiger partial charge is 0.368 e. The Morgan fingerprint density at radius 2 is 1.96 bits per heavy atom. The SMILES string of the molecule is CCN(c1nc(NC(C)C)cc(-c2ccccc2)n1)C1CCS(=O)(=O)C1. The minimum atomic E-state index is -2.96. The van der Waals surface area contributed by atoms with Crippen LogP contribution in [0.25, 0.3) is 11.3 Å². The number of benzene rings is 1. The third-order valence-electron chi connectivity index (χ3n) is 4.47. The number of anilines is 2. The molecule has 2 heterocycles. The summed E-state index contributed by atoms with van der Waals surface area (Å²) in [5.74, 6) is 1.75. The maximum Gasteiger partial charge on any atom is 0.228 e. The molecule has 6 nitrogen and oxygen atoms in total. The van der Waals surface area contributed by atoms with Crippen LogP contribution in [0.4, 0.5) is 11.8 Å². The number of hydrogen-bond donors (Lipinski definition) is 1. The smallest absolute Gasteiger partial charge is 0.228 e. The van der Waals surface area contributed by atoms with Crippen molar-refractivity contribution in [2.75, 3.05) is 28.3 Å². The van der Waals surface area contributed by atoms with Gasteiger partial charge in [0, 0.05) is 30.3 Å². The lowest BCUT2D eigenvalue weighted by atomic mass is 10.1. The Balaban J connectivity index is 2.01. The summed E-state index contributed by atoms with van der Waals surface area (Å²) in [6, 6.07) is 12.1. The van der Waals surface area contributed by atoms with E-state index in [0.717, 1.165) is 17.1 Å². The van der Waals surface area contributed by atoms with Crippen LogP contribution in [0.15, 0.2) is 36.4 Å². The van der Waals surface area contributed by atoms with Crippen LogP contribution >= 0.6 is 0 Å². The molecule has 1 atom stereocenters. The Bertz CT molecular complexity index is 853. The topological polar surface area (TPSA) is 75.2 Å². The number of rotatable bonds is 6. The monoisotopic (exact) mass is 374 g/mol. The molecule has 0 amide bonds. The van der Waals surface area contributed by atoms with Crippen LogP contribution in [-0.4, -0.2) is 48.5 Å². The minimum Gasteiger partial charge on any atom is -0.368 e. The predicted molar refractivity (Wildman–Crippen MR) is 106 cm³/mol. The van der Waals surface area contributed by atoms with Crippen LogP contribution in [0, 0.1) is 0 Å². The molecule has 7 heteroatoms. The Morgan fingerprint density at radius 1 is 1.23 bits per heavy atom. The van der Waals surface area contributed by atoms with Crippen LogP contribution in [0.5, 0.6) is 0 Å². The highest BCUT2D eigenvalue weighted by atomic mass is 32.2. The van der Waals surface area contributed by atoms with Gasteiger partial charge in [-0.25, -0.2) is 13.4 Å². The maximum atomic E-state index is 11.9. The van der Waals surface area contributed by atoms with E-state index in [2.05, 4.69) is 24.1 Å². The zero-order chi connectivity index (χ0) is 18.7. The molecule has 1 fully saturated rings. The van der Waals surface area contributed by atoms with Gasteiger partial charge in [0.05, 0.1) is 17.2 Å². The summed E-state index contributed by atoms with van der Waals surface area (Å²) in [6.45, 7) is 6.80. The van der Waals surface area contributed by atoms with Gasteiger partial charge in [-0.2, -0.15) is 4.98 Å². The van der Waals surface area contributed by atoms with E-state index in [1.807, 2.05) is 48.2 Å².